The molecule has 1 fully saturated rings. The van der Waals surface area contributed by atoms with Gasteiger partial charge in [0.05, 0.1) is 17.9 Å². The normalized spacial score (nSPS) is 20.6. The largest absolute Gasteiger partial charge is 0.494 e. The summed E-state index contributed by atoms with van der Waals surface area (Å²) in [5.74, 6) is 0. The summed E-state index contributed by atoms with van der Waals surface area (Å²) in [6.07, 6.45) is 0. The van der Waals surface area contributed by atoms with Crippen LogP contribution in [0.4, 0.5) is 5.69 Å². The standard InChI is InChI=1S/C14H23BN2O2/c1-13(2)14(3,4)19-15(18-13)11-7-6-8-12(9-11)17-10-16-5/h6-9,16-17H,10H2,1-5H3. The lowest BCUT2D eigenvalue weighted by molar-refractivity contribution is 0.00578. The summed E-state index contributed by atoms with van der Waals surface area (Å²) < 4.78 is 12.1. The smallest absolute Gasteiger partial charge is 0.399 e. The zero-order chi connectivity index (χ0) is 14.1. The van der Waals surface area contributed by atoms with Gasteiger partial charge < -0.3 is 19.9 Å². The molecular weight excluding hydrogens is 239 g/mol. The minimum atomic E-state index is -0.304. The molecular formula is C14H23BN2O2. The van der Waals surface area contributed by atoms with Crippen LogP contribution >= 0.6 is 0 Å². The molecule has 1 aliphatic heterocycles. The van der Waals surface area contributed by atoms with Gasteiger partial charge in [0, 0.05) is 5.69 Å². The van der Waals surface area contributed by atoms with E-state index in [-0.39, 0.29) is 18.3 Å². The Labute approximate surface area is 116 Å². The molecule has 0 spiro atoms. The van der Waals surface area contributed by atoms with Crippen LogP contribution < -0.4 is 16.1 Å². The molecule has 0 radical (unpaired) electrons. The first-order valence-corrected chi connectivity index (χ1v) is 6.70. The van der Waals surface area contributed by atoms with Gasteiger partial charge in [0.1, 0.15) is 0 Å². The average Bonchev–Trinajstić information content (AvgIpc) is 2.56. The Morgan fingerprint density at radius 1 is 1.11 bits per heavy atom. The van der Waals surface area contributed by atoms with Gasteiger partial charge in [0.25, 0.3) is 0 Å². The number of anilines is 1. The maximum atomic E-state index is 6.04. The Bertz CT molecular complexity index is 433. The second-order valence-electron chi connectivity index (χ2n) is 5.92. The van der Waals surface area contributed by atoms with Gasteiger partial charge in [-0.15, -0.1) is 0 Å². The van der Waals surface area contributed by atoms with Crippen LogP contribution in [-0.2, 0) is 9.31 Å². The number of nitrogens with one attached hydrogen (secondary N) is 2. The summed E-state index contributed by atoms with van der Waals surface area (Å²) in [6.45, 7) is 8.99. The molecule has 0 aromatic heterocycles. The van der Waals surface area contributed by atoms with Gasteiger partial charge in [-0.2, -0.15) is 0 Å². The third-order valence-corrected chi connectivity index (χ3v) is 3.88. The maximum absolute atomic E-state index is 6.04. The molecule has 2 rings (SSSR count). The van der Waals surface area contributed by atoms with Gasteiger partial charge in [-0.1, -0.05) is 12.1 Å². The molecule has 0 bridgehead atoms. The first-order chi connectivity index (χ1) is 8.86. The van der Waals surface area contributed by atoms with Crippen LogP contribution in [0.15, 0.2) is 24.3 Å². The van der Waals surface area contributed by atoms with Crippen molar-refractivity contribution < 1.29 is 9.31 Å². The van der Waals surface area contributed by atoms with E-state index in [2.05, 4.69) is 44.4 Å². The minimum Gasteiger partial charge on any atom is -0.399 e. The van der Waals surface area contributed by atoms with Gasteiger partial charge in [-0.3, -0.25) is 0 Å². The molecule has 0 amide bonds. The predicted octanol–water partition coefficient (Wildman–Crippen LogP) is 1.57. The molecule has 2 N–H and O–H groups in total. The molecule has 0 saturated carbocycles. The van der Waals surface area contributed by atoms with Crippen LogP contribution in [0.5, 0.6) is 0 Å². The molecule has 0 aliphatic carbocycles. The lowest BCUT2D eigenvalue weighted by atomic mass is 9.79. The van der Waals surface area contributed by atoms with Crippen LogP contribution in [0.3, 0.4) is 0 Å². The van der Waals surface area contributed by atoms with Gasteiger partial charge in [-0.05, 0) is 52.3 Å². The molecule has 4 nitrogen and oxygen atoms in total. The van der Waals surface area contributed by atoms with E-state index in [1.807, 2.05) is 25.2 Å². The van der Waals surface area contributed by atoms with Crippen molar-refractivity contribution in [3.63, 3.8) is 0 Å². The zero-order valence-electron chi connectivity index (χ0n) is 12.4. The summed E-state index contributed by atoms with van der Waals surface area (Å²) in [7, 11) is 1.60. The van der Waals surface area contributed by atoms with Crippen LogP contribution in [-0.4, -0.2) is 32.0 Å². The first kappa shape index (κ1) is 14.4. The Hall–Kier alpha value is -1.04. The summed E-state index contributed by atoms with van der Waals surface area (Å²) >= 11 is 0. The summed E-state index contributed by atoms with van der Waals surface area (Å²) in [4.78, 5) is 0. The second kappa shape index (κ2) is 5.15. The van der Waals surface area contributed by atoms with E-state index in [0.29, 0.717) is 0 Å². The zero-order valence-corrected chi connectivity index (χ0v) is 12.4. The molecule has 0 atom stereocenters. The highest BCUT2D eigenvalue weighted by Crippen LogP contribution is 2.36. The highest BCUT2D eigenvalue weighted by Gasteiger charge is 2.51. The van der Waals surface area contributed by atoms with Crippen LogP contribution in [0, 0.1) is 0 Å². The fourth-order valence-electron chi connectivity index (χ4n) is 1.96. The summed E-state index contributed by atoms with van der Waals surface area (Å²) in [5.41, 5.74) is 1.50. The van der Waals surface area contributed by atoms with Crippen molar-refractivity contribution in [2.24, 2.45) is 0 Å². The Kier molecular flexibility index (Phi) is 3.90. The SMILES string of the molecule is CNCNc1cccc(B2OC(C)(C)C(C)(C)O2)c1. The third kappa shape index (κ3) is 2.94. The van der Waals surface area contributed by atoms with E-state index < -0.39 is 0 Å². The van der Waals surface area contributed by atoms with Crippen LogP contribution in [0.2, 0.25) is 0 Å². The fraction of sp³-hybridized carbons (Fsp3) is 0.571. The minimum absolute atomic E-state index is 0.300. The van der Waals surface area contributed by atoms with Gasteiger partial charge in [0.15, 0.2) is 0 Å². The van der Waals surface area contributed by atoms with Crippen molar-refractivity contribution in [1.82, 2.24) is 5.32 Å². The van der Waals surface area contributed by atoms with E-state index in [4.69, 9.17) is 9.31 Å². The molecule has 1 heterocycles. The highest BCUT2D eigenvalue weighted by atomic mass is 16.7. The number of benzene rings is 1. The highest BCUT2D eigenvalue weighted by molar-refractivity contribution is 6.62. The molecule has 1 saturated heterocycles. The van der Waals surface area contributed by atoms with Crippen molar-refractivity contribution in [2.75, 3.05) is 19.0 Å². The van der Waals surface area contributed by atoms with Crippen LogP contribution in [0.25, 0.3) is 0 Å². The molecule has 104 valence electrons. The third-order valence-electron chi connectivity index (χ3n) is 3.88. The van der Waals surface area contributed by atoms with Crippen LogP contribution in [0.1, 0.15) is 27.7 Å². The van der Waals surface area contributed by atoms with Crippen molar-refractivity contribution >= 4 is 18.3 Å². The molecule has 5 heteroatoms. The molecule has 19 heavy (non-hydrogen) atoms. The average molecular weight is 262 g/mol. The molecule has 1 aromatic carbocycles. The van der Waals surface area contributed by atoms with Crippen molar-refractivity contribution in [1.29, 1.82) is 0 Å². The second-order valence-corrected chi connectivity index (χ2v) is 5.92. The van der Waals surface area contributed by atoms with Gasteiger partial charge in [-0.25, -0.2) is 0 Å². The monoisotopic (exact) mass is 262 g/mol. The Morgan fingerprint density at radius 3 is 2.32 bits per heavy atom. The van der Waals surface area contributed by atoms with E-state index in [0.717, 1.165) is 17.8 Å². The van der Waals surface area contributed by atoms with Gasteiger partial charge in [0.2, 0.25) is 0 Å². The molecule has 1 aliphatic rings. The Balaban J connectivity index is 2.15. The topological polar surface area (TPSA) is 42.5 Å². The lowest BCUT2D eigenvalue weighted by Gasteiger charge is -2.32. The molecule has 0 unspecified atom stereocenters. The van der Waals surface area contributed by atoms with Gasteiger partial charge >= 0.3 is 7.12 Å². The fourth-order valence-corrected chi connectivity index (χ4v) is 1.96. The lowest BCUT2D eigenvalue weighted by Crippen LogP contribution is -2.41. The number of rotatable bonds is 4. The molecule has 1 aromatic rings. The van der Waals surface area contributed by atoms with E-state index in [1.165, 1.54) is 0 Å². The van der Waals surface area contributed by atoms with Crippen molar-refractivity contribution in [3.05, 3.63) is 24.3 Å². The number of hydrogen-bond acceptors (Lipinski definition) is 4. The quantitative estimate of drug-likeness (QED) is 0.638. The Morgan fingerprint density at radius 2 is 1.74 bits per heavy atom. The summed E-state index contributed by atoms with van der Waals surface area (Å²) in [5, 5.41) is 6.34. The van der Waals surface area contributed by atoms with E-state index in [9.17, 15) is 0 Å². The predicted molar refractivity (Wildman–Crippen MR) is 79.7 cm³/mol. The van der Waals surface area contributed by atoms with E-state index in [1.54, 1.807) is 0 Å². The first-order valence-electron chi connectivity index (χ1n) is 6.70. The summed E-state index contributed by atoms with van der Waals surface area (Å²) in [6, 6.07) is 8.15. The van der Waals surface area contributed by atoms with E-state index >= 15 is 0 Å². The van der Waals surface area contributed by atoms with Crippen molar-refractivity contribution in [2.45, 2.75) is 38.9 Å². The number of hydrogen-bond donors (Lipinski definition) is 2. The maximum Gasteiger partial charge on any atom is 0.494 e. The van der Waals surface area contributed by atoms with Crippen molar-refractivity contribution in [3.8, 4) is 0 Å².